The maximum atomic E-state index is 12.9. The summed E-state index contributed by atoms with van der Waals surface area (Å²) in [6, 6.07) is 8.62. The first kappa shape index (κ1) is 17.6. The summed E-state index contributed by atoms with van der Waals surface area (Å²) >= 11 is 0. The number of ketones is 1. The van der Waals surface area contributed by atoms with Crippen LogP contribution in [0.25, 0.3) is 0 Å². The Hall–Kier alpha value is -2.17. The second kappa shape index (κ2) is 6.98. The van der Waals surface area contributed by atoms with Gasteiger partial charge in [0.15, 0.2) is 5.78 Å². The summed E-state index contributed by atoms with van der Waals surface area (Å²) in [7, 11) is 1.53. The molecule has 3 rings (SSSR count). The maximum Gasteiger partial charge on any atom is 0.326 e. The Morgan fingerprint density at radius 3 is 2.40 bits per heavy atom. The molecule has 1 aromatic rings. The number of amides is 3. The monoisotopic (exact) mass is 342 g/mol. The van der Waals surface area contributed by atoms with Crippen molar-refractivity contribution in [2.45, 2.75) is 39.0 Å². The smallest absolute Gasteiger partial charge is 0.316 e. The van der Waals surface area contributed by atoms with E-state index in [4.69, 9.17) is 0 Å². The molecule has 5 nitrogen and oxygen atoms in total. The number of benzene rings is 1. The highest BCUT2D eigenvalue weighted by Crippen LogP contribution is 2.42. The van der Waals surface area contributed by atoms with Crippen molar-refractivity contribution in [1.82, 2.24) is 9.80 Å². The van der Waals surface area contributed by atoms with Crippen LogP contribution in [0.5, 0.6) is 0 Å². The predicted octanol–water partition coefficient (Wildman–Crippen LogP) is 3.35. The first-order valence-corrected chi connectivity index (χ1v) is 9.09. The van der Waals surface area contributed by atoms with E-state index in [-0.39, 0.29) is 30.2 Å². The van der Waals surface area contributed by atoms with Gasteiger partial charge in [0.25, 0.3) is 0 Å². The van der Waals surface area contributed by atoms with Crippen molar-refractivity contribution in [2.24, 2.45) is 11.3 Å². The van der Waals surface area contributed by atoms with Gasteiger partial charge in [-0.25, -0.2) is 4.79 Å². The van der Waals surface area contributed by atoms with Crippen LogP contribution in [0, 0.1) is 11.3 Å². The summed E-state index contributed by atoms with van der Waals surface area (Å²) < 4.78 is 0. The average Bonchev–Trinajstić information content (AvgIpc) is 2.65. The van der Waals surface area contributed by atoms with E-state index in [2.05, 4.69) is 0 Å². The Bertz CT molecular complexity index is 667. The fourth-order valence-electron chi connectivity index (χ4n) is 4.27. The zero-order valence-electron chi connectivity index (χ0n) is 15.0. The number of carbonyl (C=O) groups is 3. The van der Waals surface area contributed by atoms with Crippen LogP contribution in [0.3, 0.4) is 0 Å². The van der Waals surface area contributed by atoms with Crippen molar-refractivity contribution >= 4 is 17.7 Å². The van der Waals surface area contributed by atoms with Crippen LogP contribution in [0.4, 0.5) is 4.79 Å². The molecular formula is C20H26N2O3. The standard InChI is InChI=1S/C20H26N2O3/c1-20(16-11-7-4-8-12-16)14-22(19(25)21(2)18(20)24)13-17(23)15-9-5-3-6-10-15/h3,5-6,9-10,16H,4,7-8,11-14H2,1-2H3. The Kier molecular flexibility index (Phi) is 4.93. The van der Waals surface area contributed by atoms with E-state index in [0.29, 0.717) is 12.1 Å². The quantitative estimate of drug-likeness (QED) is 0.789. The first-order chi connectivity index (χ1) is 11.9. The van der Waals surface area contributed by atoms with E-state index in [0.717, 1.165) is 25.7 Å². The molecule has 1 aliphatic carbocycles. The number of Topliss-reactive ketones (excluding diaryl/α,β-unsaturated/α-hetero) is 1. The number of carbonyl (C=O) groups excluding carboxylic acids is 3. The molecule has 1 unspecified atom stereocenters. The van der Waals surface area contributed by atoms with Gasteiger partial charge in [-0.1, -0.05) is 49.6 Å². The second-order valence-corrected chi connectivity index (χ2v) is 7.54. The van der Waals surface area contributed by atoms with Gasteiger partial charge < -0.3 is 4.90 Å². The Morgan fingerprint density at radius 2 is 1.76 bits per heavy atom. The van der Waals surface area contributed by atoms with E-state index in [1.807, 2.05) is 25.1 Å². The van der Waals surface area contributed by atoms with Gasteiger partial charge in [0.2, 0.25) is 5.91 Å². The molecule has 3 amide bonds. The van der Waals surface area contributed by atoms with Crippen LogP contribution < -0.4 is 0 Å². The van der Waals surface area contributed by atoms with Gasteiger partial charge >= 0.3 is 6.03 Å². The molecular weight excluding hydrogens is 316 g/mol. The van der Waals surface area contributed by atoms with E-state index in [1.54, 1.807) is 17.0 Å². The molecule has 5 heteroatoms. The van der Waals surface area contributed by atoms with E-state index in [9.17, 15) is 14.4 Å². The fourth-order valence-corrected chi connectivity index (χ4v) is 4.27. The van der Waals surface area contributed by atoms with Crippen LogP contribution in [-0.4, -0.2) is 47.7 Å². The van der Waals surface area contributed by atoms with E-state index in [1.165, 1.54) is 18.4 Å². The molecule has 1 saturated carbocycles. The van der Waals surface area contributed by atoms with Crippen molar-refractivity contribution in [3.8, 4) is 0 Å². The largest absolute Gasteiger partial charge is 0.326 e. The fraction of sp³-hybridized carbons (Fsp3) is 0.550. The molecule has 25 heavy (non-hydrogen) atoms. The van der Waals surface area contributed by atoms with Gasteiger partial charge in [0.1, 0.15) is 0 Å². The lowest BCUT2D eigenvalue weighted by atomic mass is 9.68. The van der Waals surface area contributed by atoms with Crippen LogP contribution >= 0.6 is 0 Å². The van der Waals surface area contributed by atoms with Crippen molar-refractivity contribution < 1.29 is 14.4 Å². The molecule has 1 aliphatic heterocycles. The number of nitrogens with zero attached hydrogens (tertiary/aromatic N) is 2. The van der Waals surface area contributed by atoms with Gasteiger partial charge in [-0.05, 0) is 25.7 Å². The molecule has 0 bridgehead atoms. The third kappa shape index (κ3) is 3.32. The lowest BCUT2D eigenvalue weighted by Gasteiger charge is -2.47. The molecule has 0 aromatic heterocycles. The van der Waals surface area contributed by atoms with Crippen molar-refractivity contribution in [3.63, 3.8) is 0 Å². The Morgan fingerprint density at radius 1 is 1.12 bits per heavy atom. The number of imide groups is 1. The summed E-state index contributed by atoms with van der Waals surface area (Å²) in [5, 5.41) is 0. The van der Waals surface area contributed by atoms with Crippen molar-refractivity contribution in [1.29, 1.82) is 0 Å². The average molecular weight is 342 g/mol. The highest BCUT2D eigenvalue weighted by molar-refractivity contribution is 6.03. The molecule has 0 N–H and O–H groups in total. The number of hydrogen-bond donors (Lipinski definition) is 0. The lowest BCUT2D eigenvalue weighted by molar-refractivity contribution is -0.146. The van der Waals surface area contributed by atoms with Crippen molar-refractivity contribution in [3.05, 3.63) is 35.9 Å². The Labute approximate surface area is 149 Å². The third-order valence-electron chi connectivity index (χ3n) is 5.81. The molecule has 2 aliphatic rings. The first-order valence-electron chi connectivity index (χ1n) is 9.09. The number of urea groups is 1. The van der Waals surface area contributed by atoms with Crippen LogP contribution in [0.1, 0.15) is 49.4 Å². The summed E-state index contributed by atoms with van der Waals surface area (Å²) in [4.78, 5) is 40.7. The third-order valence-corrected chi connectivity index (χ3v) is 5.81. The minimum absolute atomic E-state index is 0.0166. The molecule has 134 valence electrons. The maximum absolute atomic E-state index is 12.9. The second-order valence-electron chi connectivity index (χ2n) is 7.54. The summed E-state index contributed by atoms with van der Waals surface area (Å²) in [6.07, 6.45) is 5.52. The number of rotatable bonds is 4. The highest BCUT2D eigenvalue weighted by Gasteiger charge is 2.50. The minimum atomic E-state index is -0.597. The van der Waals surface area contributed by atoms with E-state index >= 15 is 0 Å². The van der Waals surface area contributed by atoms with Gasteiger partial charge in [0, 0.05) is 19.2 Å². The topological polar surface area (TPSA) is 57.7 Å². The Balaban J connectivity index is 1.80. The van der Waals surface area contributed by atoms with Crippen LogP contribution in [0.15, 0.2) is 30.3 Å². The highest BCUT2D eigenvalue weighted by atomic mass is 16.2. The van der Waals surface area contributed by atoms with Gasteiger partial charge in [0.05, 0.1) is 12.0 Å². The zero-order valence-corrected chi connectivity index (χ0v) is 15.0. The van der Waals surface area contributed by atoms with Crippen LogP contribution in [0.2, 0.25) is 0 Å². The molecule has 1 aromatic carbocycles. The molecule has 0 radical (unpaired) electrons. The normalized spacial score (nSPS) is 25.4. The summed E-state index contributed by atoms with van der Waals surface area (Å²) in [6.45, 7) is 2.31. The molecule has 0 spiro atoms. The minimum Gasteiger partial charge on any atom is -0.316 e. The summed E-state index contributed by atoms with van der Waals surface area (Å²) in [5.41, 5.74) is -0.00530. The summed E-state index contributed by atoms with van der Waals surface area (Å²) in [5.74, 6) is 0.0779. The SMILES string of the molecule is CN1C(=O)N(CC(=O)c2ccccc2)CC(C)(C2CCCCC2)C1=O. The van der Waals surface area contributed by atoms with E-state index < -0.39 is 5.41 Å². The van der Waals surface area contributed by atoms with Crippen LogP contribution in [-0.2, 0) is 4.79 Å². The lowest BCUT2D eigenvalue weighted by Crippen LogP contribution is -2.62. The van der Waals surface area contributed by atoms with Gasteiger partial charge in [-0.2, -0.15) is 0 Å². The molecule has 1 heterocycles. The zero-order chi connectivity index (χ0) is 18.0. The van der Waals surface area contributed by atoms with Gasteiger partial charge in [-0.15, -0.1) is 0 Å². The van der Waals surface area contributed by atoms with Gasteiger partial charge in [-0.3, -0.25) is 14.5 Å². The van der Waals surface area contributed by atoms with Crippen molar-refractivity contribution in [2.75, 3.05) is 20.1 Å². The molecule has 2 fully saturated rings. The number of hydrogen-bond acceptors (Lipinski definition) is 3. The predicted molar refractivity (Wildman–Crippen MR) is 95.2 cm³/mol. The molecule has 1 atom stereocenters. The molecule has 1 saturated heterocycles.